The molecule has 0 atom stereocenters. The summed E-state index contributed by atoms with van der Waals surface area (Å²) in [4.78, 5) is 0. The van der Waals surface area contributed by atoms with Crippen molar-refractivity contribution < 1.29 is 0 Å². The van der Waals surface area contributed by atoms with Crippen LogP contribution in [-0.4, -0.2) is 8.07 Å². The van der Waals surface area contributed by atoms with Gasteiger partial charge in [0.2, 0.25) is 0 Å². The molecule has 0 aromatic rings. The Morgan fingerprint density at radius 3 is 1.60 bits per heavy atom. The summed E-state index contributed by atoms with van der Waals surface area (Å²) >= 11 is 0. The van der Waals surface area contributed by atoms with Gasteiger partial charge < -0.3 is 0 Å². The first-order chi connectivity index (χ1) is 4.31. The molecule has 0 aromatic heterocycles. The molecule has 0 bridgehead atoms. The molecule has 0 aliphatic carbocycles. The molecule has 1 heteroatoms. The third-order valence-electron chi connectivity index (χ3n) is 2.52. The van der Waals surface area contributed by atoms with Crippen molar-refractivity contribution in [2.45, 2.75) is 45.8 Å². The third-order valence-corrected chi connectivity index (χ3v) is 7.55. The lowest BCUT2D eigenvalue weighted by Gasteiger charge is -2.34. The molecular weight excluding hydrogens is 136 g/mol. The van der Waals surface area contributed by atoms with Crippen molar-refractivity contribution in [2.24, 2.45) is 0 Å². The molecule has 0 saturated heterocycles. The van der Waals surface area contributed by atoms with Crippen molar-refractivity contribution in [1.29, 1.82) is 0 Å². The minimum absolute atomic E-state index is 0.500. The van der Waals surface area contributed by atoms with Crippen LogP contribution in [0.2, 0.25) is 18.1 Å². The van der Waals surface area contributed by atoms with E-state index in [0.717, 1.165) is 0 Å². The van der Waals surface area contributed by atoms with Gasteiger partial charge in [-0.25, -0.2) is 0 Å². The van der Waals surface area contributed by atoms with Gasteiger partial charge in [0, 0.05) is 0 Å². The lowest BCUT2D eigenvalue weighted by molar-refractivity contribution is 0.728. The number of hydrogen-bond donors (Lipinski definition) is 0. The summed E-state index contributed by atoms with van der Waals surface area (Å²) in [6.45, 7) is 13.9. The molecule has 0 aromatic carbocycles. The van der Waals surface area contributed by atoms with E-state index in [0.29, 0.717) is 5.04 Å². The molecule has 0 fully saturated rings. The second-order valence-electron chi connectivity index (χ2n) is 4.47. The SMILES string of the molecule is C/C=C/[Si](C)(C)C(C)(C)C. The van der Waals surface area contributed by atoms with Gasteiger partial charge in [0.25, 0.3) is 0 Å². The monoisotopic (exact) mass is 156 g/mol. The number of rotatable bonds is 1. The van der Waals surface area contributed by atoms with E-state index in [4.69, 9.17) is 0 Å². The normalized spacial score (nSPS) is 14.6. The fourth-order valence-corrected chi connectivity index (χ4v) is 2.00. The average molecular weight is 156 g/mol. The van der Waals surface area contributed by atoms with Gasteiger partial charge in [0.15, 0.2) is 0 Å². The zero-order chi connectivity index (χ0) is 8.41. The zero-order valence-electron chi connectivity index (χ0n) is 8.15. The fraction of sp³-hybridized carbons (Fsp3) is 0.778. The molecule has 0 saturated carbocycles. The van der Waals surface area contributed by atoms with Crippen LogP contribution in [0.15, 0.2) is 11.8 Å². The van der Waals surface area contributed by atoms with Gasteiger partial charge in [-0.2, -0.15) is 0 Å². The van der Waals surface area contributed by atoms with Gasteiger partial charge in [0.05, 0.1) is 8.07 Å². The van der Waals surface area contributed by atoms with E-state index in [-0.39, 0.29) is 0 Å². The van der Waals surface area contributed by atoms with Crippen molar-refractivity contribution in [3.8, 4) is 0 Å². The average Bonchev–Trinajstić information content (AvgIpc) is 1.61. The van der Waals surface area contributed by atoms with E-state index in [1.807, 2.05) is 0 Å². The van der Waals surface area contributed by atoms with Crippen LogP contribution in [0.5, 0.6) is 0 Å². The van der Waals surface area contributed by atoms with Crippen molar-refractivity contribution in [1.82, 2.24) is 0 Å². The number of allylic oxidation sites excluding steroid dienone is 1. The number of hydrogen-bond acceptors (Lipinski definition) is 0. The first-order valence-electron chi connectivity index (χ1n) is 3.95. The summed E-state index contributed by atoms with van der Waals surface area (Å²) in [6.07, 6.45) is 2.19. The molecule has 0 spiro atoms. The maximum atomic E-state index is 2.41. The van der Waals surface area contributed by atoms with Crippen LogP contribution in [0.1, 0.15) is 27.7 Å². The predicted molar refractivity (Wildman–Crippen MR) is 52.0 cm³/mol. The van der Waals surface area contributed by atoms with E-state index in [1.165, 1.54) is 0 Å². The quantitative estimate of drug-likeness (QED) is 0.509. The first kappa shape index (κ1) is 9.96. The Labute approximate surface area is 66.4 Å². The van der Waals surface area contributed by atoms with Crippen LogP contribution in [0.3, 0.4) is 0 Å². The molecule has 0 unspecified atom stereocenters. The van der Waals surface area contributed by atoms with E-state index in [9.17, 15) is 0 Å². The summed E-state index contributed by atoms with van der Waals surface area (Å²) in [5.74, 6) is 0. The summed E-state index contributed by atoms with van der Waals surface area (Å²) in [5.41, 5.74) is 2.41. The van der Waals surface area contributed by atoms with Crippen molar-refractivity contribution in [3.05, 3.63) is 11.8 Å². The van der Waals surface area contributed by atoms with E-state index < -0.39 is 8.07 Å². The van der Waals surface area contributed by atoms with E-state index in [1.54, 1.807) is 0 Å². The summed E-state index contributed by atoms with van der Waals surface area (Å²) in [5, 5.41) is 0.500. The van der Waals surface area contributed by atoms with Crippen LogP contribution in [0, 0.1) is 0 Å². The smallest absolute Gasteiger partial charge is 0.0765 e. The Balaban J connectivity index is 4.40. The van der Waals surface area contributed by atoms with Crippen LogP contribution >= 0.6 is 0 Å². The Kier molecular flexibility index (Phi) is 2.90. The molecule has 0 nitrogen and oxygen atoms in total. The highest BCUT2D eigenvalue weighted by atomic mass is 28.3. The molecule has 60 valence electrons. The third kappa shape index (κ3) is 2.29. The Morgan fingerprint density at radius 2 is 1.50 bits per heavy atom. The molecule has 0 rings (SSSR count). The van der Waals surface area contributed by atoms with Gasteiger partial charge in [-0.15, -0.1) is 0 Å². The highest BCUT2D eigenvalue weighted by Crippen LogP contribution is 2.36. The molecule has 0 N–H and O–H groups in total. The molecule has 0 aliphatic heterocycles. The van der Waals surface area contributed by atoms with Crippen LogP contribution in [0.25, 0.3) is 0 Å². The predicted octanol–water partition coefficient (Wildman–Crippen LogP) is 3.61. The summed E-state index contributed by atoms with van der Waals surface area (Å²) in [7, 11) is -1.09. The van der Waals surface area contributed by atoms with Crippen LogP contribution < -0.4 is 0 Å². The Bertz CT molecular complexity index is 126. The Morgan fingerprint density at radius 1 is 1.10 bits per heavy atom. The second kappa shape index (κ2) is 2.91. The van der Waals surface area contributed by atoms with E-state index >= 15 is 0 Å². The maximum absolute atomic E-state index is 2.41. The Hall–Kier alpha value is -0.0431. The van der Waals surface area contributed by atoms with Crippen molar-refractivity contribution >= 4 is 8.07 Å². The molecule has 0 aliphatic rings. The van der Waals surface area contributed by atoms with Gasteiger partial charge in [-0.3, -0.25) is 0 Å². The molecule has 10 heavy (non-hydrogen) atoms. The van der Waals surface area contributed by atoms with Gasteiger partial charge in [0.1, 0.15) is 0 Å². The fourth-order valence-electron chi connectivity index (χ4n) is 0.667. The second-order valence-corrected chi connectivity index (χ2v) is 9.75. The van der Waals surface area contributed by atoms with Crippen LogP contribution in [0.4, 0.5) is 0 Å². The van der Waals surface area contributed by atoms with Gasteiger partial charge in [-0.05, 0) is 12.0 Å². The minimum Gasteiger partial charge on any atom is -0.0984 e. The molecule has 0 amide bonds. The lowest BCUT2D eigenvalue weighted by Crippen LogP contribution is -2.34. The summed E-state index contributed by atoms with van der Waals surface area (Å²) < 4.78 is 0. The minimum atomic E-state index is -1.09. The lowest BCUT2D eigenvalue weighted by atomic mass is 10.2. The highest BCUT2D eigenvalue weighted by Gasteiger charge is 2.31. The van der Waals surface area contributed by atoms with Crippen molar-refractivity contribution in [3.63, 3.8) is 0 Å². The molecule has 0 radical (unpaired) electrons. The molecular formula is C9H20Si. The standard InChI is InChI=1S/C9H20Si/c1-7-8-10(5,6)9(2,3)4/h7-8H,1-6H3/b8-7+. The molecule has 0 heterocycles. The van der Waals surface area contributed by atoms with Crippen molar-refractivity contribution in [2.75, 3.05) is 0 Å². The highest BCUT2D eigenvalue weighted by molar-refractivity contribution is 6.84. The van der Waals surface area contributed by atoms with E-state index in [2.05, 4.69) is 52.6 Å². The first-order valence-corrected chi connectivity index (χ1v) is 7.03. The largest absolute Gasteiger partial charge is 0.0984 e. The maximum Gasteiger partial charge on any atom is 0.0765 e. The van der Waals surface area contributed by atoms with Gasteiger partial charge >= 0.3 is 0 Å². The van der Waals surface area contributed by atoms with Crippen LogP contribution in [-0.2, 0) is 0 Å². The topological polar surface area (TPSA) is 0 Å². The summed E-state index contributed by atoms with van der Waals surface area (Å²) in [6, 6.07) is 0. The van der Waals surface area contributed by atoms with Gasteiger partial charge in [-0.1, -0.05) is 45.6 Å². The zero-order valence-corrected chi connectivity index (χ0v) is 9.15.